The minimum Gasteiger partial charge on any atom is -0.508 e. The molecule has 0 aliphatic carbocycles. The van der Waals surface area contributed by atoms with Gasteiger partial charge in [0.1, 0.15) is 5.75 Å². The largest absolute Gasteiger partial charge is 0.508 e. The number of phenols is 1. The van der Waals surface area contributed by atoms with E-state index in [0.717, 1.165) is 16.9 Å². The van der Waals surface area contributed by atoms with Gasteiger partial charge in [-0.15, -0.1) is 0 Å². The van der Waals surface area contributed by atoms with Gasteiger partial charge < -0.3 is 16.2 Å². The molecular formula is C12H16N4O. The lowest BCUT2D eigenvalue weighted by atomic mass is 10.1. The van der Waals surface area contributed by atoms with E-state index >= 15 is 0 Å². The van der Waals surface area contributed by atoms with Crippen molar-refractivity contribution in [3.8, 4) is 5.75 Å². The molecule has 0 spiro atoms. The molecule has 2 aromatic rings. The predicted molar refractivity (Wildman–Crippen MR) is 67.0 cm³/mol. The van der Waals surface area contributed by atoms with Gasteiger partial charge in [0.25, 0.3) is 0 Å². The van der Waals surface area contributed by atoms with Crippen molar-refractivity contribution >= 4 is 5.69 Å². The molecule has 0 radical (unpaired) electrons. The van der Waals surface area contributed by atoms with E-state index in [9.17, 15) is 5.11 Å². The molecule has 0 aliphatic rings. The van der Waals surface area contributed by atoms with Crippen molar-refractivity contribution in [3.05, 3.63) is 41.7 Å². The highest BCUT2D eigenvalue weighted by molar-refractivity contribution is 5.48. The maximum absolute atomic E-state index is 9.39. The number of H-pyrrole nitrogens is 1. The zero-order valence-corrected chi connectivity index (χ0v) is 9.48. The summed E-state index contributed by atoms with van der Waals surface area (Å²) in [6.07, 6.45) is 2.44. The van der Waals surface area contributed by atoms with Crippen molar-refractivity contribution in [3.63, 3.8) is 0 Å². The van der Waals surface area contributed by atoms with Gasteiger partial charge >= 0.3 is 0 Å². The molecule has 2 rings (SSSR count). The number of benzene rings is 1. The van der Waals surface area contributed by atoms with E-state index in [-0.39, 0.29) is 5.75 Å². The zero-order chi connectivity index (χ0) is 12.1. The molecule has 0 saturated carbocycles. The van der Waals surface area contributed by atoms with Gasteiger partial charge in [-0.25, -0.2) is 0 Å². The summed E-state index contributed by atoms with van der Waals surface area (Å²) in [6.45, 7) is 1.29. The van der Waals surface area contributed by atoms with Gasteiger partial charge in [0.15, 0.2) is 0 Å². The molecule has 0 saturated heterocycles. The third-order valence-electron chi connectivity index (χ3n) is 2.47. The number of aromatic hydroxyl groups is 1. The minimum atomic E-state index is 0.276. The average Bonchev–Trinajstić information content (AvgIpc) is 2.74. The first-order valence-corrected chi connectivity index (χ1v) is 5.53. The maximum Gasteiger partial charge on any atom is 0.115 e. The molecule has 1 aromatic heterocycles. The van der Waals surface area contributed by atoms with Gasteiger partial charge in [-0.3, -0.25) is 5.10 Å². The molecule has 0 amide bonds. The Bertz CT molecular complexity index is 481. The molecule has 1 heterocycles. The molecule has 5 heteroatoms. The Morgan fingerprint density at radius 2 is 2.29 bits per heavy atom. The molecule has 0 atom stereocenters. The minimum absolute atomic E-state index is 0.276. The van der Waals surface area contributed by atoms with Crippen molar-refractivity contribution in [1.29, 1.82) is 0 Å². The van der Waals surface area contributed by atoms with E-state index in [1.165, 1.54) is 0 Å². The number of phenolic OH excluding ortho intramolecular Hbond substituents is 1. The zero-order valence-electron chi connectivity index (χ0n) is 9.48. The normalized spacial score (nSPS) is 10.4. The van der Waals surface area contributed by atoms with Crippen molar-refractivity contribution in [1.82, 2.24) is 10.2 Å². The first-order valence-electron chi connectivity index (χ1n) is 5.53. The number of hydrogen-bond donors (Lipinski definition) is 4. The standard InChI is InChI=1S/C12H16N4O/c13-4-5-14-12-8-15-16-11(12)7-9-2-1-3-10(17)6-9/h1-3,6,8,14,17H,4-5,7,13H2,(H,15,16). The third kappa shape index (κ3) is 2.98. The van der Waals surface area contributed by atoms with Gasteiger partial charge in [0.2, 0.25) is 0 Å². The molecule has 90 valence electrons. The Kier molecular flexibility index (Phi) is 3.62. The molecule has 0 aliphatic heterocycles. The Hall–Kier alpha value is -2.01. The summed E-state index contributed by atoms with van der Waals surface area (Å²) in [5.41, 5.74) is 8.42. The summed E-state index contributed by atoms with van der Waals surface area (Å²) in [6, 6.07) is 7.19. The summed E-state index contributed by atoms with van der Waals surface area (Å²) in [4.78, 5) is 0. The van der Waals surface area contributed by atoms with Crippen LogP contribution >= 0.6 is 0 Å². The number of rotatable bonds is 5. The van der Waals surface area contributed by atoms with Crippen LogP contribution in [0.5, 0.6) is 5.75 Å². The van der Waals surface area contributed by atoms with Gasteiger partial charge in [0.05, 0.1) is 17.6 Å². The van der Waals surface area contributed by atoms with Gasteiger partial charge in [-0.1, -0.05) is 12.1 Å². The van der Waals surface area contributed by atoms with E-state index in [4.69, 9.17) is 5.73 Å². The fourth-order valence-corrected chi connectivity index (χ4v) is 1.68. The van der Waals surface area contributed by atoms with Crippen LogP contribution in [0.15, 0.2) is 30.5 Å². The highest BCUT2D eigenvalue weighted by atomic mass is 16.3. The second-order valence-electron chi connectivity index (χ2n) is 3.82. The van der Waals surface area contributed by atoms with Crippen LogP contribution in [0.25, 0.3) is 0 Å². The number of nitrogens with one attached hydrogen (secondary N) is 2. The molecule has 0 bridgehead atoms. The number of hydrogen-bond acceptors (Lipinski definition) is 4. The first kappa shape index (κ1) is 11.5. The molecule has 17 heavy (non-hydrogen) atoms. The summed E-state index contributed by atoms with van der Waals surface area (Å²) < 4.78 is 0. The van der Waals surface area contributed by atoms with Crippen LogP contribution in [-0.2, 0) is 6.42 Å². The predicted octanol–water partition coefficient (Wildman–Crippen LogP) is 1.08. The second-order valence-corrected chi connectivity index (χ2v) is 3.82. The lowest BCUT2D eigenvalue weighted by Gasteiger charge is -2.05. The maximum atomic E-state index is 9.39. The number of aromatic amines is 1. The number of aromatic nitrogens is 2. The van der Waals surface area contributed by atoms with Crippen LogP contribution < -0.4 is 11.1 Å². The lowest BCUT2D eigenvalue weighted by molar-refractivity contribution is 0.474. The highest BCUT2D eigenvalue weighted by Gasteiger charge is 2.05. The number of anilines is 1. The van der Waals surface area contributed by atoms with Crippen LogP contribution in [0.4, 0.5) is 5.69 Å². The van der Waals surface area contributed by atoms with Crippen molar-refractivity contribution < 1.29 is 5.11 Å². The summed E-state index contributed by atoms with van der Waals surface area (Å²) >= 11 is 0. The van der Waals surface area contributed by atoms with E-state index in [0.29, 0.717) is 19.5 Å². The van der Waals surface area contributed by atoms with Gasteiger partial charge in [0, 0.05) is 19.5 Å². The molecule has 1 aromatic carbocycles. The van der Waals surface area contributed by atoms with Crippen LogP contribution in [-0.4, -0.2) is 28.4 Å². The van der Waals surface area contributed by atoms with Gasteiger partial charge in [-0.05, 0) is 17.7 Å². The molecule has 0 unspecified atom stereocenters. The van der Waals surface area contributed by atoms with Crippen LogP contribution in [0.1, 0.15) is 11.3 Å². The lowest BCUT2D eigenvalue weighted by Crippen LogP contribution is -2.13. The topological polar surface area (TPSA) is 87.0 Å². The first-order chi connectivity index (χ1) is 8.29. The van der Waals surface area contributed by atoms with E-state index in [2.05, 4.69) is 15.5 Å². The Labute approximate surface area is 99.7 Å². The van der Waals surface area contributed by atoms with Crippen LogP contribution in [0, 0.1) is 0 Å². The number of nitrogens with two attached hydrogens (primary N) is 1. The fraction of sp³-hybridized carbons (Fsp3) is 0.250. The number of nitrogens with zero attached hydrogens (tertiary/aromatic N) is 1. The Balaban J connectivity index is 2.10. The highest BCUT2D eigenvalue weighted by Crippen LogP contribution is 2.18. The fourth-order valence-electron chi connectivity index (χ4n) is 1.68. The summed E-state index contributed by atoms with van der Waals surface area (Å²) in [5, 5.41) is 19.5. The molecule has 5 nitrogen and oxygen atoms in total. The summed E-state index contributed by atoms with van der Waals surface area (Å²) in [7, 11) is 0. The van der Waals surface area contributed by atoms with Crippen molar-refractivity contribution in [2.45, 2.75) is 6.42 Å². The Morgan fingerprint density at radius 3 is 3.06 bits per heavy atom. The summed E-state index contributed by atoms with van der Waals surface area (Å²) in [5.74, 6) is 0.276. The molecule has 5 N–H and O–H groups in total. The van der Waals surface area contributed by atoms with E-state index in [1.807, 2.05) is 12.1 Å². The van der Waals surface area contributed by atoms with Crippen molar-refractivity contribution in [2.24, 2.45) is 5.73 Å². The van der Waals surface area contributed by atoms with Crippen molar-refractivity contribution in [2.75, 3.05) is 18.4 Å². The smallest absolute Gasteiger partial charge is 0.115 e. The Morgan fingerprint density at radius 1 is 1.41 bits per heavy atom. The monoisotopic (exact) mass is 232 g/mol. The second kappa shape index (κ2) is 5.36. The quantitative estimate of drug-likeness (QED) is 0.621. The average molecular weight is 232 g/mol. The van der Waals surface area contributed by atoms with E-state index in [1.54, 1.807) is 18.3 Å². The van der Waals surface area contributed by atoms with Crippen LogP contribution in [0.3, 0.4) is 0 Å². The van der Waals surface area contributed by atoms with Crippen LogP contribution in [0.2, 0.25) is 0 Å². The van der Waals surface area contributed by atoms with Gasteiger partial charge in [-0.2, -0.15) is 5.10 Å². The molecule has 0 fully saturated rings. The molecular weight excluding hydrogens is 216 g/mol. The SMILES string of the molecule is NCCNc1cn[nH]c1Cc1cccc(O)c1. The third-order valence-corrected chi connectivity index (χ3v) is 2.47. The van der Waals surface area contributed by atoms with E-state index < -0.39 is 0 Å².